The molecular weight excluding hydrogens is 378 g/mol. The number of carbonyl (C=O) groups is 1. The van der Waals surface area contributed by atoms with Crippen LogP contribution in [0.3, 0.4) is 0 Å². The Morgan fingerprint density at radius 3 is 2.64 bits per heavy atom. The van der Waals surface area contributed by atoms with Gasteiger partial charge in [-0.2, -0.15) is 0 Å². The molecule has 1 saturated carbocycles. The lowest BCUT2D eigenvalue weighted by molar-refractivity contribution is -0.145. The van der Waals surface area contributed by atoms with Gasteiger partial charge in [-0.1, -0.05) is 6.92 Å². The highest BCUT2D eigenvalue weighted by Gasteiger charge is 2.54. The molecule has 9 heteroatoms. The number of aromatic nitrogens is 3. The highest BCUT2D eigenvalue weighted by atomic mass is 32.1. The van der Waals surface area contributed by atoms with Crippen LogP contribution in [-0.4, -0.2) is 62.9 Å². The smallest absolute Gasteiger partial charge is 0.225 e. The number of hydrogen-bond donors (Lipinski definition) is 3. The van der Waals surface area contributed by atoms with Crippen LogP contribution in [-0.2, 0) is 11.2 Å². The maximum atomic E-state index is 13.0. The summed E-state index contributed by atoms with van der Waals surface area (Å²) in [5, 5.41) is 27.1. The van der Waals surface area contributed by atoms with E-state index in [0.29, 0.717) is 32.0 Å². The quantitative estimate of drug-likeness (QED) is 0.660. The number of thiazole rings is 1. The SMILES string of the molecule is C[C@H]1[C@H](O)[C@@H](O)[C@H]2CN(c3ncccn3)C[C@@H]2[C@H]1C(=O)NCCc1nccs1. The largest absolute Gasteiger partial charge is 0.390 e. The first-order chi connectivity index (χ1) is 13.6. The van der Waals surface area contributed by atoms with Crippen molar-refractivity contribution in [1.29, 1.82) is 0 Å². The Morgan fingerprint density at radius 1 is 1.18 bits per heavy atom. The van der Waals surface area contributed by atoms with Crippen LogP contribution in [0.15, 0.2) is 30.0 Å². The van der Waals surface area contributed by atoms with Crippen LogP contribution >= 0.6 is 11.3 Å². The van der Waals surface area contributed by atoms with Crippen LogP contribution in [0.1, 0.15) is 11.9 Å². The molecule has 3 N–H and O–H groups in total. The van der Waals surface area contributed by atoms with Gasteiger partial charge in [0.15, 0.2) is 0 Å². The Hall–Kier alpha value is -2.10. The molecule has 1 aliphatic carbocycles. The van der Waals surface area contributed by atoms with Gasteiger partial charge < -0.3 is 20.4 Å². The predicted octanol–water partition coefficient (Wildman–Crippen LogP) is 0.332. The maximum absolute atomic E-state index is 13.0. The fourth-order valence-electron chi connectivity index (χ4n) is 4.60. The highest BCUT2D eigenvalue weighted by Crippen LogP contribution is 2.44. The van der Waals surface area contributed by atoms with E-state index in [9.17, 15) is 15.0 Å². The summed E-state index contributed by atoms with van der Waals surface area (Å²) in [4.78, 5) is 27.8. The van der Waals surface area contributed by atoms with E-state index in [-0.39, 0.29) is 29.6 Å². The number of aliphatic hydroxyl groups is 2. The second kappa shape index (κ2) is 8.10. The zero-order chi connectivity index (χ0) is 19.7. The van der Waals surface area contributed by atoms with Crippen molar-refractivity contribution >= 4 is 23.2 Å². The van der Waals surface area contributed by atoms with E-state index >= 15 is 0 Å². The molecule has 6 atom stereocenters. The minimum Gasteiger partial charge on any atom is -0.390 e. The highest BCUT2D eigenvalue weighted by molar-refractivity contribution is 7.09. The molecule has 0 bridgehead atoms. The van der Waals surface area contributed by atoms with E-state index in [0.717, 1.165) is 5.01 Å². The number of nitrogens with one attached hydrogen (secondary N) is 1. The summed E-state index contributed by atoms with van der Waals surface area (Å²) in [5.41, 5.74) is 0. The molecule has 1 aliphatic heterocycles. The zero-order valence-corrected chi connectivity index (χ0v) is 16.5. The maximum Gasteiger partial charge on any atom is 0.225 e. The lowest BCUT2D eigenvalue weighted by Crippen LogP contribution is -2.55. The van der Waals surface area contributed by atoms with Crippen LogP contribution in [0.4, 0.5) is 5.95 Å². The minimum absolute atomic E-state index is 0.0583. The molecule has 0 spiro atoms. The number of carbonyl (C=O) groups excluding carboxylic acids is 1. The molecule has 0 unspecified atom stereocenters. The lowest BCUT2D eigenvalue weighted by atomic mass is 9.65. The van der Waals surface area contributed by atoms with Crippen molar-refractivity contribution in [2.75, 3.05) is 24.5 Å². The molecule has 2 aliphatic rings. The molecule has 0 radical (unpaired) electrons. The molecule has 2 aromatic heterocycles. The standard InChI is InChI=1S/C19H25N5O3S/c1-11-15(18(27)21-6-3-14-20-7-8-28-14)12-9-24(19-22-4-2-5-23-19)10-13(12)17(26)16(11)25/h2,4-5,7-8,11-13,15-17,25-26H,3,6,9-10H2,1H3,(H,21,27)/t11-,12+,13+,15+,16+,17+/m1/s1. The van der Waals surface area contributed by atoms with Gasteiger partial charge in [-0.25, -0.2) is 15.0 Å². The molecule has 4 rings (SSSR count). The second-order valence-electron chi connectivity index (χ2n) is 7.61. The normalized spacial score (nSPS) is 32.2. The summed E-state index contributed by atoms with van der Waals surface area (Å²) in [7, 11) is 0. The molecule has 150 valence electrons. The molecule has 2 aromatic rings. The monoisotopic (exact) mass is 403 g/mol. The van der Waals surface area contributed by atoms with Crippen molar-refractivity contribution in [3.63, 3.8) is 0 Å². The summed E-state index contributed by atoms with van der Waals surface area (Å²) in [6, 6.07) is 1.76. The summed E-state index contributed by atoms with van der Waals surface area (Å²) in [6.45, 7) is 3.48. The third kappa shape index (κ3) is 3.61. The number of nitrogens with zero attached hydrogens (tertiary/aromatic N) is 4. The van der Waals surface area contributed by atoms with Gasteiger partial charge in [0, 0.05) is 61.9 Å². The molecule has 0 aromatic carbocycles. The first-order valence-corrected chi connectivity index (χ1v) is 10.5. The summed E-state index contributed by atoms with van der Waals surface area (Å²) in [5.74, 6) is -0.419. The number of anilines is 1. The third-order valence-corrected chi connectivity index (χ3v) is 6.87. The number of amides is 1. The van der Waals surface area contributed by atoms with E-state index in [1.807, 2.05) is 17.2 Å². The van der Waals surface area contributed by atoms with Crippen molar-refractivity contribution in [3.8, 4) is 0 Å². The average Bonchev–Trinajstić information content (AvgIpc) is 3.37. The van der Waals surface area contributed by atoms with Gasteiger partial charge in [-0.15, -0.1) is 11.3 Å². The molecule has 1 saturated heterocycles. The summed E-state index contributed by atoms with van der Waals surface area (Å²) < 4.78 is 0. The summed E-state index contributed by atoms with van der Waals surface area (Å²) in [6.07, 6.45) is 4.03. The molecule has 1 amide bonds. The first kappa shape index (κ1) is 19.2. The van der Waals surface area contributed by atoms with Gasteiger partial charge in [-0.05, 0) is 17.9 Å². The van der Waals surface area contributed by atoms with Crippen molar-refractivity contribution in [2.24, 2.45) is 23.7 Å². The van der Waals surface area contributed by atoms with Crippen molar-refractivity contribution < 1.29 is 15.0 Å². The van der Waals surface area contributed by atoms with Crippen LogP contribution in [0, 0.1) is 23.7 Å². The molecule has 2 fully saturated rings. The number of rotatable bonds is 5. The average molecular weight is 404 g/mol. The van der Waals surface area contributed by atoms with Gasteiger partial charge in [0.25, 0.3) is 0 Å². The third-order valence-electron chi connectivity index (χ3n) is 6.03. The summed E-state index contributed by atoms with van der Waals surface area (Å²) >= 11 is 1.57. The zero-order valence-electron chi connectivity index (χ0n) is 15.7. The Kier molecular flexibility index (Phi) is 5.56. The Morgan fingerprint density at radius 2 is 1.93 bits per heavy atom. The predicted molar refractivity (Wildman–Crippen MR) is 105 cm³/mol. The van der Waals surface area contributed by atoms with E-state index < -0.39 is 12.2 Å². The van der Waals surface area contributed by atoms with Crippen LogP contribution in [0.25, 0.3) is 0 Å². The Bertz CT molecular complexity index is 790. The van der Waals surface area contributed by atoms with Gasteiger partial charge >= 0.3 is 0 Å². The van der Waals surface area contributed by atoms with Crippen LogP contribution in [0.2, 0.25) is 0 Å². The number of aliphatic hydroxyl groups excluding tert-OH is 2. The van der Waals surface area contributed by atoms with Crippen molar-refractivity contribution in [2.45, 2.75) is 25.6 Å². The molecule has 8 nitrogen and oxygen atoms in total. The lowest BCUT2D eigenvalue weighted by Gasteiger charge is -2.43. The van der Waals surface area contributed by atoms with E-state index in [1.54, 1.807) is 36.0 Å². The van der Waals surface area contributed by atoms with Crippen LogP contribution < -0.4 is 10.2 Å². The fourth-order valence-corrected chi connectivity index (χ4v) is 5.22. The van der Waals surface area contributed by atoms with Gasteiger partial charge in [0.1, 0.15) is 0 Å². The van der Waals surface area contributed by atoms with E-state index in [2.05, 4.69) is 20.3 Å². The Balaban J connectivity index is 1.48. The fraction of sp³-hybridized carbons (Fsp3) is 0.579. The topological polar surface area (TPSA) is 111 Å². The van der Waals surface area contributed by atoms with E-state index in [1.165, 1.54) is 0 Å². The van der Waals surface area contributed by atoms with Crippen molar-refractivity contribution in [3.05, 3.63) is 35.0 Å². The Labute approximate surface area is 167 Å². The molecular formula is C19H25N5O3S. The minimum atomic E-state index is -0.924. The molecule has 28 heavy (non-hydrogen) atoms. The van der Waals surface area contributed by atoms with E-state index in [4.69, 9.17) is 0 Å². The van der Waals surface area contributed by atoms with Gasteiger partial charge in [0.05, 0.1) is 17.2 Å². The van der Waals surface area contributed by atoms with Crippen molar-refractivity contribution in [1.82, 2.24) is 20.3 Å². The van der Waals surface area contributed by atoms with Gasteiger partial charge in [0.2, 0.25) is 11.9 Å². The second-order valence-corrected chi connectivity index (χ2v) is 8.59. The number of fused-ring (bicyclic) bond motifs is 1. The van der Waals surface area contributed by atoms with Gasteiger partial charge in [-0.3, -0.25) is 4.79 Å². The number of hydrogen-bond acceptors (Lipinski definition) is 8. The molecule has 3 heterocycles. The first-order valence-electron chi connectivity index (χ1n) is 9.60. The van der Waals surface area contributed by atoms with Crippen LogP contribution in [0.5, 0.6) is 0 Å².